The van der Waals surface area contributed by atoms with E-state index in [0.29, 0.717) is 13.1 Å². The summed E-state index contributed by atoms with van der Waals surface area (Å²) >= 11 is 0. The number of hydrogen-bond acceptors (Lipinski definition) is 2. The maximum absolute atomic E-state index is 11.9. The number of rotatable bonds is 6. The Labute approximate surface area is 138 Å². The van der Waals surface area contributed by atoms with Crippen LogP contribution in [-0.2, 0) is 6.54 Å². The summed E-state index contributed by atoms with van der Waals surface area (Å²) in [7, 11) is 0. The molecule has 2 N–H and O–H groups in total. The molecule has 0 bridgehead atoms. The largest absolute Gasteiger partial charge is 0.338 e. The molecule has 0 saturated carbocycles. The smallest absolute Gasteiger partial charge is 0.319 e. The second-order valence-electron chi connectivity index (χ2n) is 5.93. The Morgan fingerprint density at radius 1 is 1.26 bits per heavy atom. The first-order chi connectivity index (χ1) is 11.0. The predicted octanol–water partition coefficient (Wildman–Crippen LogP) is 3.78. The first kappa shape index (κ1) is 17.1. The number of aromatic nitrogens is 2. The molecule has 0 saturated heterocycles. The van der Waals surface area contributed by atoms with Crippen molar-refractivity contribution in [3.8, 4) is 0 Å². The fourth-order valence-corrected chi connectivity index (χ4v) is 2.55. The number of unbranched alkanes of at least 4 members (excludes halogenated alkanes) is 1. The van der Waals surface area contributed by atoms with Gasteiger partial charge in [-0.1, -0.05) is 43.2 Å². The van der Waals surface area contributed by atoms with Gasteiger partial charge in [-0.05, 0) is 32.8 Å². The summed E-state index contributed by atoms with van der Waals surface area (Å²) in [5.74, 6) is 0. The highest BCUT2D eigenvalue weighted by atomic mass is 16.2. The molecule has 2 aromatic rings. The quantitative estimate of drug-likeness (QED) is 0.797. The Bertz CT molecular complexity index is 676. The fraction of sp³-hybridized carbons (Fsp3) is 0.444. The highest BCUT2D eigenvalue weighted by Crippen LogP contribution is 2.20. The Morgan fingerprint density at radius 2 is 2.04 bits per heavy atom. The van der Waals surface area contributed by atoms with Gasteiger partial charge in [0.2, 0.25) is 0 Å². The van der Waals surface area contributed by atoms with Gasteiger partial charge in [0.1, 0.15) is 0 Å². The van der Waals surface area contributed by atoms with Crippen molar-refractivity contribution >= 4 is 11.7 Å². The van der Waals surface area contributed by atoms with Gasteiger partial charge in [-0.3, -0.25) is 4.68 Å². The molecule has 0 aliphatic heterocycles. The van der Waals surface area contributed by atoms with Gasteiger partial charge in [-0.2, -0.15) is 5.10 Å². The minimum Gasteiger partial charge on any atom is -0.338 e. The van der Waals surface area contributed by atoms with E-state index < -0.39 is 0 Å². The van der Waals surface area contributed by atoms with Gasteiger partial charge in [0.25, 0.3) is 0 Å². The van der Waals surface area contributed by atoms with Crippen LogP contribution in [0.15, 0.2) is 24.3 Å². The lowest BCUT2D eigenvalue weighted by Crippen LogP contribution is -2.29. The summed E-state index contributed by atoms with van der Waals surface area (Å²) in [5, 5.41) is 10.3. The Balaban J connectivity index is 2.08. The summed E-state index contributed by atoms with van der Waals surface area (Å²) in [6, 6.07) is 8.21. The number of nitrogens with zero attached hydrogens (tertiary/aromatic N) is 2. The fourth-order valence-electron chi connectivity index (χ4n) is 2.55. The molecule has 0 aliphatic carbocycles. The lowest BCUT2D eigenvalue weighted by Gasteiger charge is -2.09. The molecule has 1 aromatic heterocycles. The molecule has 124 valence electrons. The van der Waals surface area contributed by atoms with E-state index in [9.17, 15) is 4.79 Å². The molecule has 0 fully saturated rings. The molecule has 0 radical (unpaired) electrons. The maximum Gasteiger partial charge on any atom is 0.319 e. The van der Waals surface area contributed by atoms with Crippen molar-refractivity contribution < 1.29 is 4.79 Å². The van der Waals surface area contributed by atoms with E-state index in [2.05, 4.69) is 53.8 Å². The van der Waals surface area contributed by atoms with Crippen molar-refractivity contribution in [2.45, 2.75) is 47.1 Å². The molecule has 0 aliphatic rings. The second kappa shape index (κ2) is 7.81. The third-order valence-electron chi connectivity index (χ3n) is 3.85. The van der Waals surface area contributed by atoms with Gasteiger partial charge >= 0.3 is 6.03 Å². The topological polar surface area (TPSA) is 59.0 Å². The second-order valence-corrected chi connectivity index (χ2v) is 5.93. The van der Waals surface area contributed by atoms with Gasteiger partial charge in [0, 0.05) is 6.54 Å². The SMILES string of the molecule is CCCCNC(=O)Nc1c(C)nn(Cc2cccc(C)c2)c1C. The normalized spacial score (nSPS) is 10.6. The molecule has 2 amide bonds. The lowest BCUT2D eigenvalue weighted by molar-refractivity contribution is 0.252. The molecule has 0 atom stereocenters. The summed E-state index contributed by atoms with van der Waals surface area (Å²) in [4.78, 5) is 11.9. The Morgan fingerprint density at radius 3 is 2.74 bits per heavy atom. The molecule has 5 nitrogen and oxygen atoms in total. The number of benzene rings is 1. The van der Waals surface area contributed by atoms with E-state index in [-0.39, 0.29) is 6.03 Å². The minimum absolute atomic E-state index is 0.167. The van der Waals surface area contributed by atoms with Crippen LogP contribution in [-0.4, -0.2) is 22.4 Å². The number of carbonyl (C=O) groups excluding carboxylic acids is 1. The van der Waals surface area contributed by atoms with E-state index in [1.807, 2.05) is 18.5 Å². The number of amides is 2. The van der Waals surface area contributed by atoms with Crippen molar-refractivity contribution in [2.75, 3.05) is 11.9 Å². The Kier molecular flexibility index (Phi) is 5.79. The molecule has 0 unspecified atom stereocenters. The van der Waals surface area contributed by atoms with Crippen molar-refractivity contribution in [3.63, 3.8) is 0 Å². The number of carbonyl (C=O) groups is 1. The van der Waals surface area contributed by atoms with E-state index in [1.165, 1.54) is 11.1 Å². The first-order valence-electron chi connectivity index (χ1n) is 8.15. The van der Waals surface area contributed by atoms with Crippen LogP contribution < -0.4 is 10.6 Å². The standard InChI is InChI=1S/C18H26N4O/c1-5-6-10-19-18(23)20-17-14(3)21-22(15(17)4)12-16-9-7-8-13(2)11-16/h7-9,11H,5-6,10,12H2,1-4H3,(H2,19,20,23). The molecular weight excluding hydrogens is 288 g/mol. The van der Waals surface area contributed by atoms with Crippen molar-refractivity contribution in [2.24, 2.45) is 0 Å². The summed E-state index contributed by atoms with van der Waals surface area (Å²) in [6.07, 6.45) is 2.05. The van der Waals surface area contributed by atoms with E-state index >= 15 is 0 Å². The summed E-state index contributed by atoms with van der Waals surface area (Å²) < 4.78 is 1.94. The first-order valence-corrected chi connectivity index (χ1v) is 8.15. The van der Waals surface area contributed by atoms with Crippen LogP contribution in [0.4, 0.5) is 10.5 Å². The van der Waals surface area contributed by atoms with Crippen molar-refractivity contribution in [1.82, 2.24) is 15.1 Å². The van der Waals surface area contributed by atoms with E-state index in [1.54, 1.807) is 0 Å². The van der Waals surface area contributed by atoms with Gasteiger partial charge in [0.15, 0.2) is 0 Å². The van der Waals surface area contributed by atoms with Crippen LogP contribution in [0.2, 0.25) is 0 Å². The number of hydrogen-bond donors (Lipinski definition) is 2. The zero-order valence-electron chi connectivity index (χ0n) is 14.4. The average Bonchev–Trinajstić information content (AvgIpc) is 2.75. The molecule has 5 heteroatoms. The average molecular weight is 314 g/mol. The summed E-state index contributed by atoms with van der Waals surface area (Å²) in [5.41, 5.74) is 5.04. The predicted molar refractivity (Wildman–Crippen MR) is 93.9 cm³/mol. The third-order valence-corrected chi connectivity index (χ3v) is 3.85. The van der Waals surface area contributed by atoms with Gasteiger partial charge in [-0.15, -0.1) is 0 Å². The number of aryl methyl sites for hydroxylation is 2. The lowest BCUT2D eigenvalue weighted by atomic mass is 10.1. The molecule has 1 heterocycles. The number of urea groups is 1. The Hall–Kier alpha value is -2.30. The maximum atomic E-state index is 11.9. The van der Waals surface area contributed by atoms with Crippen LogP contribution >= 0.6 is 0 Å². The highest BCUT2D eigenvalue weighted by molar-refractivity contribution is 5.90. The van der Waals surface area contributed by atoms with Crippen molar-refractivity contribution in [1.29, 1.82) is 0 Å². The molecule has 1 aromatic carbocycles. The van der Waals surface area contributed by atoms with Gasteiger partial charge in [-0.25, -0.2) is 4.79 Å². The molecule has 23 heavy (non-hydrogen) atoms. The van der Waals surface area contributed by atoms with Crippen LogP contribution in [0.25, 0.3) is 0 Å². The summed E-state index contributed by atoms with van der Waals surface area (Å²) in [6.45, 7) is 9.48. The van der Waals surface area contributed by atoms with E-state index in [4.69, 9.17) is 0 Å². The van der Waals surface area contributed by atoms with Gasteiger partial charge < -0.3 is 10.6 Å². The zero-order chi connectivity index (χ0) is 16.8. The van der Waals surface area contributed by atoms with Gasteiger partial charge in [0.05, 0.1) is 23.6 Å². The molecular formula is C18H26N4O. The monoisotopic (exact) mass is 314 g/mol. The molecule has 2 rings (SSSR count). The minimum atomic E-state index is -0.167. The third kappa shape index (κ3) is 4.58. The number of nitrogens with one attached hydrogen (secondary N) is 2. The van der Waals surface area contributed by atoms with Crippen LogP contribution in [0.3, 0.4) is 0 Å². The van der Waals surface area contributed by atoms with Crippen LogP contribution in [0.5, 0.6) is 0 Å². The van der Waals surface area contributed by atoms with Crippen LogP contribution in [0, 0.1) is 20.8 Å². The highest BCUT2D eigenvalue weighted by Gasteiger charge is 2.14. The van der Waals surface area contributed by atoms with E-state index in [0.717, 1.165) is 29.9 Å². The zero-order valence-corrected chi connectivity index (χ0v) is 14.4. The number of anilines is 1. The van der Waals surface area contributed by atoms with Crippen molar-refractivity contribution in [3.05, 3.63) is 46.8 Å². The molecule has 0 spiro atoms. The van der Waals surface area contributed by atoms with Crippen LogP contribution in [0.1, 0.15) is 42.3 Å².